The van der Waals surface area contributed by atoms with E-state index in [0.717, 1.165) is 13.0 Å². The van der Waals surface area contributed by atoms with Gasteiger partial charge in [0.25, 0.3) is 0 Å². The van der Waals surface area contributed by atoms with Gasteiger partial charge in [0.1, 0.15) is 0 Å². The largest absolute Gasteiger partial charge is 0.463 e. The number of hydrogen-bond donors (Lipinski definition) is 0. The van der Waals surface area contributed by atoms with E-state index in [1.54, 1.807) is 0 Å². The van der Waals surface area contributed by atoms with E-state index < -0.39 is 0 Å². The van der Waals surface area contributed by atoms with E-state index in [1.807, 2.05) is 13.8 Å². The molecule has 0 aromatic carbocycles. The van der Waals surface area contributed by atoms with Crippen molar-refractivity contribution < 1.29 is 19.0 Å². The van der Waals surface area contributed by atoms with Crippen LogP contribution >= 0.6 is 0 Å². The van der Waals surface area contributed by atoms with Crippen molar-refractivity contribution in [2.24, 2.45) is 0 Å². The molecule has 23 heavy (non-hydrogen) atoms. The van der Waals surface area contributed by atoms with Gasteiger partial charge in [-0.1, -0.05) is 51.9 Å². The molecular formula is C19H38O4. The summed E-state index contributed by atoms with van der Waals surface area (Å²) < 4.78 is 16.0. The number of ether oxygens (including phenoxy) is 3. The summed E-state index contributed by atoms with van der Waals surface area (Å²) in [5.74, 6) is -0.144. The molecule has 0 atom stereocenters. The van der Waals surface area contributed by atoms with Gasteiger partial charge in [-0.2, -0.15) is 0 Å². The van der Waals surface area contributed by atoms with Gasteiger partial charge in [-0.15, -0.1) is 0 Å². The third kappa shape index (κ3) is 19.3. The smallest absolute Gasteiger partial charge is 0.306 e. The molecule has 0 N–H and O–H groups in total. The molecular weight excluding hydrogens is 292 g/mol. The SMILES string of the molecule is CCCCCCCCCCOCCOCCCC(=O)OC(C)C. The van der Waals surface area contributed by atoms with Crippen LogP contribution in [0.5, 0.6) is 0 Å². The Morgan fingerprint density at radius 3 is 1.83 bits per heavy atom. The zero-order chi connectivity index (χ0) is 17.2. The van der Waals surface area contributed by atoms with Gasteiger partial charge < -0.3 is 14.2 Å². The Hall–Kier alpha value is -0.610. The van der Waals surface area contributed by atoms with Crippen LogP contribution in [0.25, 0.3) is 0 Å². The van der Waals surface area contributed by atoms with E-state index in [-0.39, 0.29) is 12.1 Å². The first-order chi connectivity index (χ1) is 11.2. The maximum atomic E-state index is 11.3. The maximum absolute atomic E-state index is 11.3. The highest BCUT2D eigenvalue weighted by Crippen LogP contribution is 2.08. The van der Waals surface area contributed by atoms with Crippen LogP contribution in [0.2, 0.25) is 0 Å². The zero-order valence-corrected chi connectivity index (χ0v) is 15.6. The molecule has 0 rings (SSSR count). The predicted molar refractivity (Wildman–Crippen MR) is 94.7 cm³/mol. The summed E-state index contributed by atoms with van der Waals surface area (Å²) in [6.07, 6.45) is 11.7. The molecule has 0 spiro atoms. The van der Waals surface area contributed by atoms with Crippen LogP contribution in [-0.2, 0) is 19.0 Å². The molecule has 0 saturated carbocycles. The minimum atomic E-state index is -0.144. The maximum Gasteiger partial charge on any atom is 0.306 e. The van der Waals surface area contributed by atoms with Gasteiger partial charge in [-0.25, -0.2) is 0 Å². The second kappa shape index (κ2) is 17.7. The first kappa shape index (κ1) is 22.4. The lowest BCUT2D eigenvalue weighted by Crippen LogP contribution is -2.12. The molecule has 0 aliphatic carbocycles. The second-order valence-electron chi connectivity index (χ2n) is 6.34. The standard InChI is InChI=1S/C19H38O4/c1-4-5-6-7-8-9-10-11-14-21-16-17-22-15-12-13-19(20)23-18(2)3/h18H,4-17H2,1-3H3. The molecule has 4 heteroatoms. The summed E-state index contributed by atoms with van der Waals surface area (Å²) in [6, 6.07) is 0. The number of unbranched alkanes of at least 4 members (excludes halogenated alkanes) is 7. The van der Waals surface area contributed by atoms with Crippen molar-refractivity contribution in [2.45, 2.75) is 91.1 Å². The van der Waals surface area contributed by atoms with E-state index in [0.29, 0.717) is 32.7 Å². The van der Waals surface area contributed by atoms with Crippen molar-refractivity contribution in [2.75, 3.05) is 26.4 Å². The normalized spacial score (nSPS) is 11.1. The number of rotatable bonds is 17. The predicted octanol–water partition coefficient (Wildman–Crippen LogP) is 4.89. The van der Waals surface area contributed by atoms with Crippen molar-refractivity contribution in [3.63, 3.8) is 0 Å². The summed E-state index contributed by atoms with van der Waals surface area (Å²) in [6.45, 7) is 8.65. The molecule has 0 aliphatic heterocycles. The van der Waals surface area contributed by atoms with Gasteiger partial charge in [0, 0.05) is 19.6 Å². The van der Waals surface area contributed by atoms with Crippen LogP contribution in [0.3, 0.4) is 0 Å². The lowest BCUT2D eigenvalue weighted by atomic mass is 10.1. The van der Waals surface area contributed by atoms with E-state index in [1.165, 1.54) is 44.9 Å². The molecule has 0 amide bonds. The molecule has 0 aromatic heterocycles. The van der Waals surface area contributed by atoms with Crippen molar-refractivity contribution in [1.29, 1.82) is 0 Å². The third-order valence-corrected chi connectivity index (χ3v) is 3.55. The summed E-state index contributed by atoms with van der Waals surface area (Å²) in [4.78, 5) is 11.3. The van der Waals surface area contributed by atoms with Gasteiger partial charge in [0.05, 0.1) is 19.3 Å². The number of hydrogen-bond acceptors (Lipinski definition) is 4. The first-order valence-electron chi connectivity index (χ1n) is 9.51. The molecule has 0 heterocycles. The van der Waals surface area contributed by atoms with E-state index >= 15 is 0 Å². The van der Waals surface area contributed by atoms with Gasteiger partial charge in [-0.3, -0.25) is 4.79 Å². The number of carbonyl (C=O) groups excluding carboxylic acids is 1. The molecule has 0 unspecified atom stereocenters. The average Bonchev–Trinajstić information content (AvgIpc) is 2.50. The van der Waals surface area contributed by atoms with E-state index in [9.17, 15) is 4.79 Å². The van der Waals surface area contributed by atoms with Crippen molar-refractivity contribution in [3.05, 3.63) is 0 Å². The highest BCUT2D eigenvalue weighted by molar-refractivity contribution is 5.69. The van der Waals surface area contributed by atoms with Gasteiger partial charge in [0.15, 0.2) is 0 Å². The van der Waals surface area contributed by atoms with Gasteiger partial charge in [-0.05, 0) is 26.7 Å². The van der Waals surface area contributed by atoms with Crippen LogP contribution < -0.4 is 0 Å². The van der Waals surface area contributed by atoms with Crippen molar-refractivity contribution >= 4 is 5.97 Å². The summed E-state index contributed by atoms with van der Waals surface area (Å²) in [5.41, 5.74) is 0. The van der Waals surface area contributed by atoms with Crippen molar-refractivity contribution in [1.82, 2.24) is 0 Å². The molecule has 0 fully saturated rings. The lowest BCUT2D eigenvalue weighted by molar-refractivity contribution is -0.147. The Morgan fingerprint density at radius 2 is 1.26 bits per heavy atom. The number of carbonyl (C=O) groups is 1. The minimum absolute atomic E-state index is 0.0341. The average molecular weight is 331 g/mol. The van der Waals surface area contributed by atoms with Crippen molar-refractivity contribution in [3.8, 4) is 0 Å². The fourth-order valence-electron chi connectivity index (χ4n) is 2.30. The topological polar surface area (TPSA) is 44.8 Å². The minimum Gasteiger partial charge on any atom is -0.463 e. The molecule has 138 valence electrons. The summed E-state index contributed by atoms with van der Waals surface area (Å²) in [5, 5.41) is 0. The van der Waals surface area contributed by atoms with Crippen LogP contribution in [0.1, 0.15) is 85.0 Å². The molecule has 0 radical (unpaired) electrons. The van der Waals surface area contributed by atoms with Crippen LogP contribution in [-0.4, -0.2) is 38.5 Å². The van der Waals surface area contributed by atoms with Crippen LogP contribution in [0.15, 0.2) is 0 Å². The summed E-state index contributed by atoms with van der Waals surface area (Å²) in [7, 11) is 0. The monoisotopic (exact) mass is 330 g/mol. The first-order valence-corrected chi connectivity index (χ1v) is 9.51. The highest BCUT2D eigenvalue weighted by atomic mass is 16.5. The Bertz CT molecular complexity index is 254. The van der Waals surface area contributed by atoms with Crippen LogP contribution in [0, 0.1) is 0 Å². The van der Waals surface area contributed by atoms with Crippen LogP contribution in [0.4, 0.5) is 0 Å². The van der Waals surface area contributed by atoms with E-state index in [2.05, 4.69) is 6.92 Å². The Balaban J connectivity index is 3.06. The third-order valence-electron chi connectivity index (χ3n) is 3.55. The second-order valence-corrected chi connectivity index (χ2v) is 6.34. The zero-order valence-electron chi connectivity index (χ0n) is 15.6. The summed E-state index contributed by atoms with van der Waals surface area (Å²) >= 11 is 0. The molecule has 4 nitrogen and oxygen atoms in total. The highest BCUT2D eigenvalue weighted by Gasteiger charge is 2.04. The van der Waals surface area contributed by atoms with Gasteiger partial charge in [0.2, 0.25) is 0 Å². The fraction of sp³-hybridized carbons (Fsp3) is 0.947. The van der Waals surface area contributed by atoms with Gasteiger partial charge >= 0.3 is 5.97 Å². The van der Waals surface area contributed by atoms with E-state index in [4.69, 9.17) is 14.2 Å². The lowest BCUT2D eigenvalue weighted by Gasteiger charge is -2.08. The fourth-order valence-corrected chi connectivity index (χ4v) is 2.30. The Morgan fingerprint density at radius 1 is 0.739 bits per heavy atom. The Kier molecular flexibility index (Phi) is 17.3. The molecule has 0 aromatic rings. The molecule has 0 saturated heterocycles. The molecule has 0 aliphatic rings. The number of esters is 1. The molecule has 0 bridgehead atoms. The quantitative estimate of drug-likeness (QED) is 0.281. The Labute approximate surface area is 143 Å².